The van der Waals surface area contributed by atoms with Gasteiger partial charge < -0.3 is 5.73 Å². The molecule has 2 N–H and O–H groups in total. The van der Waals surface area contributed by atoms with Gasteiger partial charge in [-0.05, 0) is 36.4 Å². The van der Waals surface area contributed by atoms with Gasteiger partial charge in [0.15, 0.2) is 0 Å². The largest absolute Gasteiger partial charge is 0.330 e. The lowest BCUT2D eigenvalue weighted by molar-refractivity contribution is 0.570. The number of hydrogen-bond donors (Lipinski definition) is 1. The number of hydrogen-bond acceptors (Lipinski definition) is 1. The molecule has 1 aliphatic rings. The summed E-state index contributed by atoms with van der Waals surface area (Å²) in [5.74, 6) is -0.363. The van der Waals surface area contributed by atoms with Gasteiger partial charge in [0, 0.05) is 6.07 Å². The van der Waals surface area contributed by atoms with Crippen molar-refractivity contribution in [2.75, 3.05) is 6.54 Å². The summed E-state index contributed by atoms with van der Waals surface area (Å²) in [4.78, 5) is 0. The Kier molecular flexibility index (Phi) is 2.04. The third-order valence-corrected chi connectivity index (χ3v) is 2.59. The molecule has 13 heavy (non-hydrogen) atoms. The summed E-state index contributed by atoms with van der Waals surface area (Å²) < 4.78 is 25.7. The topological polar surface area (TPSA) is 26.0 Å². The Balaban J connectivity index is 2.22. The molecule has 2 atom stereocenters. The maximum absolute atomic E-state index is 13.2. The van der Waals surface area contributed by atoms with Crippen LogP contribution in [0.15, 0.2) is 18.2 Å². The highest BCUT2D eigenvalue weighted by molar-refractivity contribution is 5.28. The molecule has 70 valence electrons. The monoisotopic (exact) mass is 183 g/mol. The van der Waals surface area contributed by atoms with Crippen molar-refractivity contribution in [1.29, 1.82) is 0 Å². The van der Waals surface area contributed by atoms with Crippen LogP contribution in [0.1, 0.15) is 17.9 Å². The second kappa shape index (κ2) is 3.07. The Morgan fingerprint density at radius 2 is 2.15 bits per heavy atom. The van der Waals surface area contributed by atoms with E-state index in [0.717, 1.165) is 12.5 Å². The Morgan fingerprint density at radius 3 is 2.69 bits per heavy atom. The minimum Gasteiger partial charge on any atom is -0.330 e. The zero-order valence-electron chi connectivity index (χ0n) is 7.13. The number of nitrogens with two attached hydrogens (primary N) is 1. The first kappa shape index (κ1) is 8.63. The fourth-order valence-electron chi connectivity index (χ4n) is 1.69. The average Bonchev–Trinajstić information content (AvgIpc) is 2.83. The first-order chi connectivity index (χ1) is 6.22. The van der Waals surface area contributed by atoms with Crippen molar-refractivity contribution in [3.05, 3.63) is 35.4 Å². The molecule has 0 unspecified atom stereocenters. The van der Waals surface area contributed by atoms with Crippen LogP contribution in [-0.4, -0.2) is 6.54 Å². The van der Waals surface area contributed by atoms with Gasteiger partial charge in [-0.25, -0.2) is 8.78 Å². The van der Waals surface area contributed by atoms with Crippen LogP contribution in [-0.2, 0) is 0 Å². The third-order valence-electron chi connectivity index (χ3n) is 2.59. The zero-order chi connectivity index (χ0) is 9.42. The molecule has 0 aliphatic heterocycles. The highest BCUT2D eigenvalue weighted by atomic mass is 19.1. The molecule has 0 aromatic heterocycles. The van der Waals surface area contributed by atoms with Crippen LogP contribution in [0.25, 0.3) is 0 Å². The van der Waals surface area contributed by atoms with Crippen LogP contribution in [0.2, 0.25) is 0 Å². The second-order valence-electron chi connectivity index (χ2n) is 3.50. The van der Waals surface area contributed by atoms with Crippen molar-refractivity contribution in [1.82, 2.24) is 0 Å². The van der Waals surface area contributed by atoms with Gasteiger partial charge in [-0.3, -0.25) is 0 Å². The lowest BCUT2D eigenvalue weighted by atomic mass is 10.1. The maximum Gasteiger partial charge on any atom is 0.129 e. The van der Waals surface area contributed by atoms with Gasteiger partial charge in [-0.1, -0.05) is 6.07 Å². The van der Waals surface area contributed by atoms with E-state index in [1.165, 1.54) is 12.1 Å². The van der Waals surface area contributed by atoms with E-state index >= 15 is 0 Å². The molecule has 1 aliphatic carbocycles. The molecule has 0 spiro atoms. The first-order valence-electron chi connectivity index (χ1n) is 4.37. The number of rotatable bonds is 2. The molecule has 0 radical (unpaired) electrons. The predicted molar refractivity (Wildman–Crippen MR) is 46.3 cm³/mol. The number of halogens is 2. The van der Waals surface area contributed by atoms with Crippen LogP contribution in [0.4, 0.5) is 8.78 Å². The SMILES string of the molecule is NC[C@@H]1C[C@H]1c1ccc(F)cc1F. The van der Waals surface area contributed by atoms with Gasteiger partial charge >= 0.3 is 0 Å². The molecule has 0 heterocycles. The van der Waals surface area contributed by atoms with Gasteiger partial charge in [-0.2, -0.15) is 0 Å². The summed E-state index contributed by atoms with van der Waals surface area (Å²) in [5.41, 5.74) is 6.05. The van der Waals surface area contributed by atoms with E-state index in [9.17, 15) is 8.78 Å². The van der Waals surface area contributed by atoms with Crippen LogP contribution < -0.4 is 5.73 Å². The first-order valence-corrected chi connectivity index (χ1v) is 4.37. The zero-order valence-corrected chi connectivity index (χ0v) is 7.13. The Labute approximate surface area is 75.6 Å². The highest BCUT2D eigenvalue weighted by Gasteiger charge is 2.38. The lowest BCUT2D eigenvalue weighted by Gasteiger charge is -2.00. The summed E-state index contributed by atoms with van der Waals surface area (Å²) in [6.07, 6.45) is 0.930. The van der Waals surface area contributed by atoms with Crippen LogP contribution in [0.3, 0.4) is 0 Å². The molecule has 0 amide bonds. The summed E-state index contributed by atoms with van der Waals surface area (Å²) in [5, 5.41) is 0. The third kappa shape index (κ3) is 1.56. The van der Waals surface area contributed by atoms with E-state index in [4.69, 9.17) is 5.73 Å². The molecule has 3 heteroatoms. The van der Waals surface area contributed by atoms with Crippen molar-refractivity contribution in [2.24, 2.45) is 11.7 Å². The average molecular weight is 183 g/mol. The normalized spacial score (nSPS) is 26.1. The fraction of sp³-hybridized carbons (Fsp3) is 0.400. The van der Waals surface area contributed by atoms with Crippen LogP contribution >= 0.6 is 0 Å². The predicted octanol–water partition coefficient (Wildman–Crippen LogP) is 2.03. The maximum atomic E-state index is 13.2. The van der Waals surface area contributed by atoms with Gasteiger partial charge in [0.25, 0.3) is 0 Å². The molecule has 1 aromatic rings. The van der Waals surface area contributed by atoms with Crippen molar-refractivity contribution < 1.29 is 8.78 Å². The Bertz CT molecular complexity index is 325. The summed E-state index contributed by atoms with van der Waals surface area (Å²) >= 11 is 0. The van der Waals surface area contributed by atoms with Crippen LogP contribution in [0.5, 0.6) is 0 Å². The molecule has 2 rings (SSSR count). The molecule has 1 saturated carbocycles. The molecular weight excluding hydrogens is 172 g/mol. The highest BCUT2D eigenvalue weighted by Crippen LogP contribution is 2.47. The quantitative estimate of drug-likeness (QED) is 0.745. The minimum atomic E-state index is -0.522. The molecule has 0 saturated heterocycles. The van der Waals surface area contributed by atoms with Gasteiger partial charge in [0.2, 0.25) is 0 Å². The van der Waals surface area contributed by atoms with Gasteiger partial charge in [0.05, 0.1) is 0 Å². The van der Waals surface area contributed by atoms with Crippen molar-refractivity contribution in [3.8, 4) is 0 Å². The molecule has 1 nitrogen and oxygen atoms in total. The molecule has 1 aromatic carbocycles. The van der Waals surface area contributed by atoms with E-state index in [2.05, 4.69) is 0 Å². The Hall–Kier alpha value is -0.960. The Morgan fingerprint density at radius 1 is 1.38 bits per heavy atom. The van der Waals surface area contributed by atoms with Gasteiger partial charge in [0.1, 0.15) is 11.6 Å². The van der Waals surface area contributed by atoms with Crippen molar-refractivity contribution in [2.45, 2.75) is 12.3 Å². The summed E-state index contributed by atoms with van der Waals surface area (Å²) in [6, 6.07) is 3.75. The van der Waals surface area contributed by atoms with E-state index < -0.39 is 11.6 Å². The lowest BCUT2D eigenvalue weighted by Crippen LogP contribution is -2.02. The van der Waals surface area contributed by atoms with E-state index in [1.54, 1.807) is 0 Å². The van der Waals surface area contributed by atoms with E-state index in [1.807, 2.05) is 0 Å². The van der Waals surface area contributed by atoms with Crippen molar-refractivity contribution in [3.63, 3.8) is 0 Å². The summed E-state index contributed by atoms with van der Waals surface area (Å²) in [6.45, 7) is 0.585. The fourth-order valence-corrected chi connectivity index (χ4v) is 1.69. The second-order valence-corrected chi connectivity index (χ2v) is 3.50. The smallest absolute Gasteiger partial charge is 0.129 e. The molecule has 1 fully saturated rings. The number of benzene rings is 1. The van der Waals surface area contributed by atoms with Crippen molar-refractivity contribution >= 4 is 0 Å². The van der Waals surface area contributed by atoms with E-state index in [-0.39, 0.29) is 5.92 Å². The van der Waals surface area contributed by atoms with Gasteiger partial charge in [-0.15, -0.1) is 0 Å². The summed E-state index contributed by atoms with van der Waals surface area (Å²) in [7, 11) is 0. The molecule has 0 bridgehead atoms. The van der Waals surface area contributed by atoms with E-state index in [0.29, 0.717) is 18.0 Å². The minimum absolute atomic E-state index is 0.214. The molecular formula is C10H11F2N. The van der Waals surface area contributed by atoms with Crippen LogP contribution in [0, 0.1) is 17.6 Å². The standard InChI is InChI=1S/C10H11F2N/c11-7-1-2-8(10(12)4-7)9-3-6(9)5-13/h1-2,4,6,9H,3,5,13H2/t6-,9+/m0/s1.